The van der Waals surface area contributed by atoms with Crippen molar-refractivity contribution in [3.8, 4) is 11.5 Å². The molecule has 0 aliphatic carbocycles. The molecule has 0 fully saturated rings. The Morgan fingerprint density at radius 2 is 1.71 bits per heavy atom. The van der Waals surface area contributed by atoms with Gasteiger partial charge >= 0.3 is 0 Å². The van der Waals surface area contributed by atoms with Crippen molar-refractivity contribution in [3.05, 3.63) is 59.7 Å². The van der Waals surface area contributed by atoms with Crippen LogP contribution in [0, 0.1) is 6.92 Å². The molecule has 0 aromatic heterocycles. The van der Waals surface area contributed by atoms with Gasteiger partial charge in [-0.1, -0.05) is 24.3 Å². The molecular formula is C15H17NO. The predicted octanol–water partition coefficient (Wildman–Crippen LogP) is 3.81. The Morgan fingerprint density at radius 3 is 2.29 bits per heavy atom. The molecule has 0 bridgehead atoms. The molecule has 0 unspecified atom stereocenters. The lowest BCUT2D eigenvalue weighted by atomic mass is 10.1. The Hall–Kier alpha value is -1.80. The SMILES string of the molecule is Cc1cccc(Oc2ccc([C@@H](C)N)cc2)c1. The average Bonchev–Trinajstić information content (AvgIpc) is 2.29. The van der Waals surface area contributed by atoms with Crippen LogP contribution in [0.4, 0.5) is 0 Å². The van der Waals surface area contributed by atoms with Gasteiger partial charge < -0.3 is 10.5 Å². The zero-order chi connectivity index (χ0) is 12.3. The van der Waals surface area contributed by atoms with Gasteiger partial charge in [0.25, 0.3) is 0 Å². The number of ether oxygens (including phenoxy) is 1. The molecule has 2 aromatic rings. The molecule has 2 rings (SSSR count). The third-order valence-electron chi connectivity index (χ3n) is 2.63. The van der Waals surface area contributed by atoms with Crippen LogP contribution in [-0.4, -0.2) is 0 Å². The summed E-state index contributed by atoms with van der Waals surface area (Å²) in [7, 11) is 0. The summed E-state index contributed by atoms with van der Waals surface area (Å²) in [6.07, 6.45) is 0. The summed E-state index contributed by atoms with van der Waals surface area (Å²) >= 11 is 0. The van der Waals surface area contributed by atoms with E-state index in [0.717, 1.165) is 17.1 Å². The highest BCUT2D eigenvalue weighted by molar-refractivity contribution is 5.35. The zero-order valence-electron chi connectivity index (χ0n) is 10.2. The number of aryl methyl sites for hydroxylation is 1. The fourth-order valence-electron chi connectivity index (χ4n) is 1.65. The fraction of sp³-hybridized carbons (Fsp3) is 0.200. The van der Waals surface area contributed by atoms with Crippen molar-refractivity contribution in [1.82, 2.24) is 0 Å². The molecule has 0 spiro atoms. The smallest absolute Gasteiger partial charge is 0.127 e. The van der Waals surface area contributed by atoms with Gasteiger partial charge in [0.05, 0.1) is 0 Å². The lowest BCUT2D eigenvalue weighted by Crippen LogP contribution is -2.04. The van der Waals surface area contributed by atoms with Gasteiger partial charge in [0.1, 0.15) is 11.5 Å². The lowest BCUT2D eigenvalue weighted by molar-refractivity contribution is 0.482. The number of nitrogens with two attached hydrogens (primary N) is 1. The molecule has 0 amide bonds. The predicted molar refractivity (Wildman–Crippen MR) is 70.3 cm³/mol. The van der Waals surface area contributed by atoms with E-state index < -0.39 is 0 Å². The maximum absolute atomic E-state index is 5.80. The van der Waals surface area contributed by atoms with Gasteiger partial charge in [0.2, 0.25) is 0 Å². The van der Waals surface area contributed by atoms with Crippen LogP contribution in [0.1, 0.15) is 24.1 Å². The Labute approximate surface area is 102 Å². The summed E-state index contributed by atoms with van der Waals surface area (Å²) in [6, 6.07) is 15.9. The highest BCUT2D eigenvalue weighted by Gasteiger charge is 2.00. The van der Waals surface area contributed by atoms with Crippen molar-refractivity contribution >= 4 is 0 Å². The van der Waals surface area contributed by atoms with Crippen LogP contribution < -0.4 is 10.5 Å². The Kier molecular flexibility index (Phi) is 3.45. The van der Waals surface area contributed by atoms with Crippen molar-refractivity contribution in [2.24, 2.45) is 5.73 Å². The van der Waals surface area contributed by atoms with Crippen molar-refractivity contribution < 1.29 is 4.74 Å². The summed E-state index contributed by atoms with van der Waals surface area (Å²) in [5, 5.41) is 0. The van der Waals surface area contributed by atoms with E-state index in [9.17, 15) is 0 Å². The quantitative estimate of drug-likeness (QED) is 0.865. The van der Waals surface area contributed by atoms with E-state index in [4.69, 9.17) is 10.5 Å². The van der Waals surface area contributed by atoms with E-state index in [1.807, 2.05) is 62.4 Å². The third kappa shape index (κ3) is 3.08. The number of hydrogen-bond acceptors (Lipinski definition) is 2. The normalized spacial score (nSPS) is 12.2. The largest absolute Gasteiger partial charge is 0.457 e. The van der Waals surface area contributed by atoms with Crippen LogP contribution in [0.25, 0.3) is 0 Å². The molecule has 1 atom stereocenters. The Bertz CT molecular complexity index is 489. The van der Waals surface area contributed by atoms with Gasteiger partial charge in [-0.3, -0.25) is 0 Å². The molecular weight excluding hydrogens is 210 g/mol. The molecule has 17 heavy (non-hydrogen) atoms. The minimum absolute atomic E-state index is 0.0584. The Morgan fingerprint density at radius 1 is 1.00 bits per heavy atom. The summed E-state index contributed by atoms with van der Waals surface area (Å²) in [5.41, 5.74) is 8.10. The fourth-order valence-corrected chi connectivity index (χ4v) is 1.65. The van der Waals surface area contributed by atoms with Crippen molar-refractivity contribution in [2.75, 3.05) is 0 Å². The second kappa shape index (κ2) is 5.02. The van der Waals surface area contributed by atoms with Crippen molar-refractivity contribution in [3.63, 3.8) is 0 Å². The lowest BCUT2D eigenvalue weighted by Gasteiger charge is -2.09. The van der Waals surface area contributed by atoms with Crippen LogP contribution in [-0.2, 0) is 0 Å². The monoisotopic (exact) mass is 227 g/mol. The molecule has 0 saturated heterocycles. The zero-order valence-corrected chi connectivity index (χ0v) is 10.2. The molecule has 2 aromatic carbocycles. The molecule has 2 N–H and O–H groups in total. The van der Waals surface area contributed by atoms with Gasteiger partial charge in [0, 0.05) is 6.04 Å². The molecule has 0 aliphatic heterocycles. The van der Waals surface area contributed by atoms with Crippen molar-refractivity contribution in [2.45, 2.75) is 19.9 Å². The summed E-state index contributed by atoms with van der Waals surface area (Å²) in [6.45, 7) is 4.02. The maximum atomic E-state index is 5.80. The van der Waals surface area contributed by atoms with E-state index in [2.05, 4.69) is 0 Å². The average molecular weight is 227 g/mol. The number of hydrogen-bond donors (Lipinski definition) is 1. The van der Waals surface area contributed by atoms with Gasteiger partial charge in [-0.05, 0) is 49.2 Å². The van der Waals surface area contributed by atoms with E-state index in [1.54, 1.807) is 0 Å². The number of benzene rings is 2. The van der Waals surface area contributed by atoms with Crippen molar-refractivity contribution in [1.29, 1.82) is 0 Å². The van der Waals surface area contributed by atoms with E-state index in [0.29, 0.717) is 0 Å². The molecule has 2 heteroatoms. The molecule has 88 valence electrons. The molecule has 0 saturated carbocycles. The van der Waals surface area contributed by atoms with Crippen LogP contribution >= 0.6 is 0 Å². The molecule has 0 heterocycles. The number of rotatable bonds is 3. The van der Waals surface area contributed by atoms with Gasteiger partial charge in [-0.2, -0.15) is 0 Å². The van der Waals surface area contributed by atoms with Crippen LogP contribution in [0.3, 0.4) is 0 Å². The van der Waals surface area contributed by atoms with Gasteiger partial charge in [-0.25, -0.2) is 0 Å². The first-order chi connectivity index (χ1) is 8.15. The first-order valence-electron chi connectivity index (χ1n) is 5.75. The minimum atomic E-state index is 0.0584. The van der Waals surface area contributed by atoms with E-state index in [-0.39, 0.29) is 6.04 Å². The van der Waals surface area contributed by atoms with E-state index >= 15 is 0 Å². The van der Waals surface area contributed by atoms with Crippen LogP contribution in [0.15, 0.2) is 48.5 Å². The van der Waals surface area contributed by atoms with Gasteiger partial charge in [0.15, 0.2) is 0 Å². The molecule has 0 aliphatic rings. The molecule has 2 nitrogen and oxygen atoms in total. The van der Waals surface area contributed by atoms with E-state index in [1.165, 1.54) is 5.56 Å². The second-order valence-corrected chi connectivity index (χ2v) is 4.28. The summed E-state index contributed by atoms with van der Waals surface area (Å²) in [5.74, 6) is 1.69. The maximum Gasteiger partial charge on any atom is 0.127 e. The second-order valence-electron chi connectivity index (χ2n) is 4.28. The Balaban J connectivity index is 2.14. The first-order valence-corrected chi connectivity index (χ1v) is 5.75. The summed E-state index contributed by atoms with van der Waals surface area (Å²) < 4.78 is 5.75. The van der Waals surface area contributed by atoms with Crippen LogP contribution in [0.5, 0.6) is 11.5 Å². The summed E-state index contributed by atoms with van der Waals surface area (Å²) in [4.78, 5) is 0. The van der Waals surface area contributed by atoms with Crippen LogP contribution in [0.2, 0.25) is 0 Å². The van der Waals surface area contributed by atoms with Gasteiger partial charge in [-0.15, -0.1) is 0 Å². The minimum Gasteiger partial charge on any atom is -0.457 e. The molecule has 0 radical (unpaired) electrons. The highest BCUT2D eigenvalue weighted by atomic mass is 16.5. The standard InChI is InChI=1S/C15H17NO/c1-11-4-3-5-15(10-11)17-14-8-6-13(7-9-14)12(2)16/h3-10,12H,16H2,1-2H3/t12-/m1/s1. The third-order valence-corrected chi connectivity index (χ3v) is 2.63. The topological polar surface area (TPSA) is 35.2 Å². The highest BCUT2D eigenvalue weighted by Crippen LogP contribution is 2.23. The first kappa shape index (κ1) is 11.7.